The Labute approximate surface area is 568 Å². The molecule has 0 fully saturated rings. The number of hydrogen-bond acceptors (Lipinski definition) is 15. The number of rotatable bonds is 71. The zero-order valence-corrected chi connectivity index (χ0v) is 62.7. The number of phosphoric acid groups is 2. The SMILES string of the molecule is CCC(C)CCCCCCCCCCCCC(=O)O[C@H](COC(=O)CCCCCCCCCCCCCCCCCCC(C)C)COP(=O)(O)OC[C@@H](O)COP(=O)(O)OC[C@@H](COC(=O)CCCCCCCCC(C)CC)OC(=O)CCCCCCCCC(C)CC. The smallest absolute Gasteiger partial charge is 0.462 e. The van der Waals surface area contributed by atoms with E-state index in [1.165, 1.54) is 167 Å². The molecule has 0 aromatic carbocycles. The van der Waals surface area contributed by atoms with Crippen LogP contribution >= 0.6 is 15.6 Å². The van der Waals surface area contributed by atoms with E-state index >= 15 is 0 Å². The molecule has 93 heavy (non-hydrogen) atoms. The van der Waals surface area contributed by atoms with Gasteiger partial charge < -0.3 is 33.8 Å². The molecule has 19 heteroatoms. The number of phosphoric ester groups is 2. The van der Waals surface area contributed by atoms with Crippen LogP contribution in [0.5, 0.6) is 0 Å². The first-order chi connectivity index (χ1) is 44.7. The third-order valence-electron chi connectivity index (χ3n) is 18.2. The summed E-state index contributed by atoms with van der Waals surface area (Å²) in [6, 6.07) is 0. The Balaban J connectivity index is 5.22. The van der Waals surface area contributed by atoms with Crippen LogP contribution in [0.15, 0.2) is 0 Å². The van der Waals surface area contributed by atoms with Gasteiger partial charge in [0.05, 0.1) is 26.4 Å². The van der Waals surface area contributed by atoms with Gasteiger partial charge in [0, 0.05) is 25.7 Å². The molecule has 3 N–H and O–H groups in total. The summed E-state index contributed by atoms with van der Waals surface area (Å²) < 4.78 is 68.4. The maximum Gasteiger partial charge on any atom is 0.472 e. The van der Waals surface area contributed by atoms with Crippen LogP contribution < -0.4 is 0 Å². The van der Waals surface area contributed by atoms with Crippen LogP contribution in [-0.2, 0) is 65.4 Å². The topological polar surface area (TPSA) is 237 Å². The first-order valence-corrected chi connectivity index (χ1v) is 41.3. The fraction of sp³-hybridized carbons (Fsp3) is 0.946. The van der Waals surface area contributed by atoms with Crippen LogP contribution in [0.2, 0.25) is 0 Å². The van der Waals surface area contributed by atoms with Crippen molar-refractivity contribution in [2.45, 2.75) is 388 Å². The molecule has 0 saturated carbocycles. The van der Waals surface area contributed by atoms with E-state index < -0.39 is 97.5 Å². The minimum absolute atomic E-state index is 0.102. The van der Waals surface area contributed by atoms with Crippen molar-refractivity contribution in [1.29, 1.82) is 0 Å². The van der Waals surface area contributed by atoms with Crippen molar-refractivity contribution in [3.8, 4) is 0 Å². The lowest BCUT2D eigenvalue weighted by atomic mass is 9.99. The van der Waals surface area contributed by atoms with Gasteiger partial charge in [-0.25, -0.2) is 9.13 Å². The lowest BCUT2D eigenvalue weighted by Gasteiger charge is -2.21. The summed E-state index contributed by atoms with van der Waals surface area (Å²) in [5.41, 5.74) is 0. The van der Waals surface area contributed by atoms with Gasteiger partial charge in [0.2, 0.25) is 0 Å². The second kappa shape index (κ2) is 63.5. The minimum Gasteiger partial charge on any atom is -0.462 e. The molecule has 0 bridgehead atoms. The second-order valence-electron chi connectivity index (χ2n) is 27.9. The summed E-state index contributed by atoms with van der Waals surface area (Å²) in [4.78, 5) is 72.7. The summed E-state index contributed by atoms with van der Waals surface area (Å²) in [6.07, 6.45) is 47.3. The van der Waals surface area contributed by atoms with Crippen LogP contribution in [0.1, 0.15) is 370 Å². The molecule has 0 aromatic rings. The Bertz CT molecular complexity index is 1840. The number of aliphatic hydroxyl groups excluding tert-OH is 1. The molecule has 0 radical (unpaired) electrons. The molecule has 0 heterocycles. The summed E-state index contributed by atoms with van der Waals surface area (Å²) in [7, 11) is -9.91. The van der Waals surface area contributed by atoms with E-state index in [1.54, 1.807) is 0 Å². The zero-order valence-electron chi connectivity index (χ0n) is 60.9. The number of ether oxygens (including phenoxy) is 4. The molecule has 552 valence electrons. The molecular weight excluding hydrogens is 1220 g/mol. The van der Waals surface area contributed by atoms with Crippen LogP contribution in [0, 0.1) is 23.7 Å². The highest BCUT2D eigenvalue weighted by molar-refractivity contribution is 7.47. The highest BCUT2D eigenvalue weighted by atomic mass is 31.2. The van der Waals surface area contributed by atoms with E-state index in [1.807, 2.05) is 0 Å². The van der Waals surface area contributed by atoms with Crippen molar-refractivity contribution in [1.82, 2.24) is 0 Å². The number of carbonyl (C=O) groups excluding carboxylic acids is 4. The van der Waals surface area contributed by atoms with Gasteiger partial charge in [-0.15, -0.1) is 0 Å². The van der Waals surface area contributed by atoms with Crippen LogP contribution in [0.25, 0.3) is 0 Å². The molecule has 17 nitrogen and oxygen atoms in total. The first-order valence-electron chi connectivity index (χ1n) is 38.3. The van der Waals surface area contributed by atoms with Gasteiger partial charge in [-0.3, -0.25) is 37.3 Å². The predicted octanol–water partition coefficient (Wildman–Crippen LogP) is 21.3. The van der Waals surface area contributed by atoms with Crippen molar-refractivity contribution >= 4 is 39.5 Å². The van der Waals surface area contributed by atoms with E-state index in [0.717, 1.165) is 120 Å². The van der Waals surface area contributed by atoms with Gasteiger partial charge >= 0.3 is 39.5 Å². The number of esters is 4. The van der Waals surface area contributed by atoms with E-state index in [0.29, 0.717) is 25.7 Å². The maximum atomic E-state index is 13.1. The monoisotopic (exact) mass is 1370 g/mol. The molecule has 0 amide bonds. The van der Waals surface area contributed by atoms with Crippen LogP contribution in [0.4, 0.5) is 0 Å². The Kier molecular flexibility index (Phi) is 62.2. The van der Waals surface area contributed by atoms with Crippen molar-refractivity contribution < 1.29 is 80.2 Å². The lowest BCUT2D eigenvalue weighted by molar-refractivity contribution is -0.161. The first kappa shape index (κ1) is 91.1. The fourth-order valence-electron chi connectivity index (χ4n) is 11.1. The van der Waals surface area contributed by atoms with Gasteiger partial charge in [-0.2, -0.15) is 0 Å². The molecule has 0 aliphatic carbocycles. The number of aliphatic hydroxyl groups is 1. The van der Waals surface area contributed by atoms with E-state index in [-0.39, 0.29) is 25.7 Å². The second-order valence-corrected chi connectivity index (χ2v) is 30.8. The van der Waals surface area contributed by atoms with Gasteiger partial charge in [-0.05, 0) is 49.4 Å². The molecule has 0 aliphatic heterocycles. The van der Waals surface area contributed by atoms with Gasteiger partial charge in [-0.1, -0.05) is 319 Å². The molecule has 0 saturated heterocycles. The summed E-state index contributed by atoms with van der Waals surface area (Å²) in [5.74, 6) is 0.939. The summed E-state index contributed by atoms with van der Waals surface area (Å²) in [5, 5.41) is 10.6. The summed E-state index contributed by atoms with van der Waals surface area (Å²) in [6.45, 7) is 14.1. The largest absolute Gasteiger partial charge is 0.472 e. The molecular formula is C74H144O17P2. The van der Waals surface area contributed by atoms with Gasteiger partial charge in [0.15, 0.2) is 12.2 Å². The van der Waals surface area contributed by atoms with Gasteiger partial charge in [0.25, 0.3) is 0 Å². The van der Waals surface area contributed by atoms with E-state index in [9.17, 15) is 43.2 Å². The average molecular weight is 1370 g/mol. The van der Waals surface area contributed by atoms with Crippen LogP contribution in [0.3, 0.4) is 0 Å². The Hall–Kier alpha value is -1.94. The summed E-state index contributed by atoms with van der Waals surface area (Å²) >= 11 is 0. The van der Waals surface area contributed by atoms with Crippen molar-refractivity contribution in [2.24, 2.45) is 23.7 Å². The molecule has 0 aliphatic rings. The van der Waals surface area contributed by atoms with Crippen molar-refractivity contribution in [3.05, 3.63) is 0 Å². The molecule has 5 unspecified atom stereocenters. The van der Waals surface area contributed by atoms with E-state index in [2.05, 4.69) is 55.4 Å². The third-order valence-corrected chi connectivity index (χ3v) is 20.1. The van der Waals surface area contributed by atoms with E-state index in [4.69, 9.17) is 37.0 Å². The number of hydrogen-bond donors (Lipinski definition) is 3. The standard InChI is InChI=1S/C74H144O17P2/c1-9-65(6)51-43-35-27-23-20-21-25-29-40-48-56-73(78)90-69(60-84-71(76)54-46-38-28-24-19-17-15-13-12-14-16-18-22-26-34-42-50-64(4)5)62-88-92(80,81)86-58-68(75)59-87-93(82,83)89-63-70(91-74(79)57-49-41-33-31-37-45-53-67(8)11-3)61-85-72(77)55-47-39-32-30-36-44-52-66(7)10-2/h64-70,75H,9-63H2,1-8H3,(H,80,81)(H,82,83)/t65?,66?,67?,68-,69-,70-/m1/s1. The Morgan fingerprint density at radius 3 is 0.763 bits per heavy atom. The highest BCUT2D eigenvalue weighted by Crippen LogP contribution is 2.45. The normalized spacial score (nSPS) is 15.1. The molecule has 0 aromatic heterocycles. The third kappa shape index (κ3) is 64.5. The number of unbranched alkanes of at least 4 members (excludes halogenated alkanes) is 34. The highest BCUT2D eigenvalue weighted by Gasteiger charge is 2.30. The van der Waals surface area contributed by atoms with Crippen LogP contribution in [-0.4, -0.2) is 96.7 Å². The molecule has 0 spiro atoms. The molecule has 8 atom stereocenters. The minimum atomic E-state index is -4.96. The van der Waals surface area contributed by atoms with Crippen molar-refractivity contribution in [3.63, 3.8) is 0 Å². The van der Waals surface area contributed by atoms with Crippen molar-refractivity contribution in [2.75, 3.05) is 39.6 Å². The Morgan fingerprint density at radius 2 is 0.516 bits per heavy atom. The molecule has 0 rings (SSSR count). The average Bonchev–Trinajstić information content (AvgIpc) is 3.75. The Morgan fingerprint density at radius 1 is 0.301 bits per heavy atom. The zero-order chi connectivity index (χ0) is 68.9. The quantitative estimate of drug-likeness (QED) is 0.0222. The predicted molar refractivity (Wildman–Crippen MR) is 377 cm³/mol. The lowest BCUT2D eigenvalue weighted by Crippen LogP contribution is -2.30. The maximum absolute atomic E-state index is 13.1. The number of carbonyl (C=O) groups is 4. The fourth-order valence-corrected chi connectivity index (χ4v) is 12.7. The van der Waals surface area contributed by atoms with Gasteiger partial charge in [0.1, 0.15) is 19.3 Å².